The maximum atomic E-state index is 12.2. The molecule has 1 aromatic rings. The van der Waals surface area contributed by atoms with Crippen molar-refractivity contribution in [1.82, 2.24) is 4.98 Å². The monoisotopic (exact) mass is 267 g/mol. The molecule has 2 N–H and O–H groups in total. The van der Waals surface area contributed by atoms with Gasteiger partial charge in [-0.1, -0.05) is 0 Å². The number of nitrogen functional groups attached to an aromatic ring is 1. The maximum Gasteiger partial charge on any atom is 0.296 e. The van der Waals surface area contributed by atoms with Crippen molar-refractivity contribution in [1.29, 1.82) is 0 Å². The SMILES string of the molecule is Nc1c([N+](=O)[O-])cc(C(F)F)nc1Br. The summed E-state index contributed by atoms with van der Waals surface area (Å²) in [5.41, 5.74) is 3.73. The number of nitrogens with zero attached hydrogens (tertiary/aromatic N) is 2. The highest BCUT2D eigenvalue weighted by atomic mass is 79.9. The molecule has 0 spiro atoms. The topological polar surface area (TPSA) is 82.0 Å². The second kappa shape index (κ2) is 3.82. The molecular weight excluding hydrogens is 264 g/mol. The van der Waals surface area contributed by atoms with Crippen molar-refractivity contribution in [2.45, 2.75) is 6.43 Å². The largest absolute Gasteiger partial charge is 0.391 e. The molecule has 0 aromatic carbocycles. The minimum Gasteiger partial charge on any atom is -0.391 e. The molecule has 0 atom stereocenters. The molecule has 0 saturated carbocycles. The van der Waals surface area contributed by atoms with Gasteiger partial charge >= 0.3 is 0 Å². The van der Waals surface area contributed by atoms with Gasteiger partial charge < -0.3 is 5.73 Å². The van der Waals surface area contributed by atoms with Crippen LogP contribution in [0.25, 0.3) is 0 Å². The van der Waals surface area contributed by atoms with Crippen LogP contribution in [0.4, 0.5) is 20.2 Å². The number of hydrogen-bond donors (Lipinski definition) is 1. The lowest BCUT2D eigenvalue weighted by atomic mass is 10.3. The Kier molecular flexibility index (Phi) is 2.94. The van der Waals surface area contributed by atoms with Gasteiger partial charge in [0.25, 0.3) is 12.1 Å². The molecule has 14 heavy (non-hydrogen) atoms. The van der Waals surface area contributed by atoms with Crippen LogP contribution in [-0.4, -0.2) is 9.91 Å². The lowest BCUT2D eigenvalue weighted by Gasteiger charge is -2.03. The van der Waals surface area contributed by atoms with Crippen LogP contribution >= 0.6 is 15.9 Å². The summed E-state index contributed by atoms with van der Waals surface area (Å²) in [6, 6.07) is 0.657. The van der Waals surface area contributed by atoms with E-state index >= 15 is 0 Å². The molecule has 1 rings (SSSR count). The number of nitrogens with two attached hydrogens (primary N) is 1. The van der Waals surface area contributed by atoms with Crippen LogP contribution in [0.3, 0.4) is 0 Å². The van der Waals surface area contributed by atoms with Crippen molar-refractivity contribution in [2.24, 2.45) is 0 Å². The van der Waals surface area contributed by atoms with E-state index in [9.17, 15) is 18.9 Å². The number of hydrogen-bond acceptors (Lipinski definition) is 4. The molecule has 8 heteroatoms. The molecule has 0 fully saturated rings. The van der Waals surface area contributed by atoms with Crippen LogP contribution in [0, 0.1) is 10.1 Å². The molecule has 76 valence electrons. The highest BCUT2D eigenvalue weighted by Gasteiger charge is 2.21. The lowest BCUT2D eigenvalue weighted by Crippen LogP contribution is -2.01. The molecule has 0 saturated heterocycles. The van der Waals surface area contributed by atoms with Crippen molar-refractivity contribution in [2.75, 3.05) is 5.73 Å². The van der Waals surface area contributed by atoms with E-state index in [1.807, 2.05) is 0 Å². The van der Waals surface area contributed by atoms with Gasteiger partial charge in [-0.2, -0.15) is 0 Å². The van der Waals surface area contributed by atoms with E-state index in [0.717, 1.165) is 0 Å². The molecular formula is C6H4BrF2N3O2. The Morgan fingerprint density at radius 2 is 2.21 bits per heavy atom. The third-order valence-electron chi connectivity index (χ3n) is 1.43. The second-order valence-electron chi connectivity index (χ2n) is 2.33. The third-order valence-corrected chi connectivity index (χ3v) is 2.03. The molecule has 0 aliphatic carbocycles. The van der Waals surface area contributed by atoms with Crippen LogP contribution < -0.4 is 5.73 Å². The Morgan fingerprint density at radius 3 is 2.64 bits per heavy atom. The van der Waals surface area contributed by atoms with Gasteiger partial charge in [0.15, 0.2) is 0 Å². The first-order valence-electron chi connectivity index (χ1n) is 3.32. The normalized spacial score (nSPS) is 10.6. The van der Waals surface area contributed by atoms with Crippen LogP contribution in [-0.2, 0) is 0 Å². The van der Waals surface area contributed by atoms with Crippen molar-refractivity contribution >= 4 is 27.3 Å². The zero-order valence-corrected chi connectivity index (χ0v) is 8.16. The lowest BCUT2D eigenvalue weighted by molar-refractivity contribution is -0.384. The van der Waals surface area contributed by atoms with E-state index in [2.05, 4.69) is 20.9 Å². The summed E-state index contributed by atoms with van der Waals surface area (Å²) in [5.74, 6) is 0. The predicted molar refractivity (Wildman–Crippen MR) is 48.0 cm³/mol. The van der Waals surface area contributed by atoms with Gasteiger partial charge in [-0.25, -0.2) is 13.8 Å². The molecule has 1 aromatic heterocycles. The summed E-state index contributed by atoms with van der Waals surface area (Å²) < 4.78 is 24.2. The van der Waals surface area contributed by atoms with Crippen molar-refractivity contribution in [3.63, 3.8) is 0 Å². The van der Waals surface area contributed by atoms with E-state index in [0.29, 0.717) is 6.07 Å². The van der Waals surface area contributed by atoms with Gasteiger partial charge in [0, 0.05) is 6.07 Å². The highest BCUT2D eigenvalue weighted by molar-refractivity contribution is 9.10. The fourth-order valence-corrected chi connectivity index (χ4v) is 1.20. The Balaban J connectivity index is 3.35. The van der Waals surface area contributed by atoms with Gasteiger partial charge in [-0.3, -0.25) is 10.1 Å². The molecule has 0 bridgehead atoms. The van der Waals surface area contributed by atoms with Gasteiger partial charge in [0.2, 0.25) is 0 Å². The minimum absolute atomic E-state index is 0.151. The van der Waals surface area contributed by atoms with Crippen molar-refractivity contribution < 1.29 is 13.7 Å². The smallest absolute Gasteiger partial charge is 0.296 e. The summed E-state index contributed by atoms with van der Waals surface area (Å²) >= 11 is 2.76. The van der Waals surface area contributed by atoms with Gasteiger partial charge in [-0.15, -0.1) is 0 Å². The van der Waals surface area contributed by atoms with Gasteiger partial charge in [0.1, 0.15) is 16.0 Å². The highest BCUT2D eigenvalue weighted by Crippen LogP contribution is 2.31. The Morgan fingerprint density at radius 1 is 1.64 bits per heavy atom. The molecule has 0 amide bonds. The van der Waals surface area contributed by atoms with Crippen LogP contribution in [0.15, 0.2) is 10.7 Å². The van der Waals surface area contributed by atoms with E-state index in [4.69, 9.17) is 5.73 Å². The number of anilines is 1. The molecule has 0 radical (unpaired) electrons. The van der Waals surface area contributed by atoms with Crippen LogP contribution in [0.2, 0.25) is 0 Å². The zero-order valence-electron chi connectivity index (χ0n) is 6.58. The van der Waals surface area contributed by atoms with Gasteiger partial charge in [0.05, 0.1) is 4.92 Å². The minimum atomic E-state index is -2.87. The average Bonchev–Trinajstić information content (AvgIpc) is 2.08. The molecule has 0 aliphatic rings. The number of rotatable bonds is 2. The van der Waals surface area contributed by atoms with E-state index in [1.165, 1.54) is 0 Å². The van der Waals surface area contributed by atoms with Crippen LogP contribution in [0.1, 0.15) is 12.1 Å². The number of aromatic nitrogens is 1. The number of halogens is 3. The Bertz CT molecular complexity index is 386. The van der Waals surface area contributed by atoms with E-state index in [1.54, 1.807) is 0 Å². The summed E-state index contributed by atoms with van der Waals surface area (Å²) in [4.78, 5) is 12.9. The molecule has 1 heterocycles. The molecule has 5 nitrogen and oxygen atoms in total. The molecule has 0 unspecified atom stereocenters. The van der Waals surface area contributed by atoms with E-state index in [-0.39, 0.29) is 10.3 Å². The zero-order chi connectivity index (χ0) is 10.9. The van der Waals surface area contributed by atoms with Crippen molar-refractivity contribution in [3.05, 3.63) is 26.5 Å². The third kappa shape index (κ3) is 1.95. The average molecular weight is 268 g/mol. The Hall–Kier alpha value is -1.31. The second-order valence-corrected chi connectivity index (χ2v) is 3.08. The first-order valence-corrected chi connectivity index (χ1v) is 4.11. The standard InChI is InChI=1S/C6H4BrF2N3O2/c7-5-4(10)3(12(13)14)1-2(11-5)6(8)9/h1,6H,10H2. The summed E-state index contributed by atoms with van der Waals surface area (Å²) in [6.07, 6.45) is -2.87. The van der Waals surface area contributed by atoms with Crippen LogP contribution in [0.5, 0.6) is 0 Å². The first-order chi connectivity index (χ1) is 6.43. The van der Waals surface area contributed by atoms with Crippen molar-refractivity contribution in [3.8, 4) is 0 Å². The number of nitro groups is 1. The van der Waals surface area contributed by atoms with Gasteiger partial charge in [-0.05, 0) is 15.9 Å². The quantitative estimate of drug-likeness (QED) is 0.506. The Labute approximate surface area is 85.2 Å². The summed E-state index contributed by atoms with van der Waals surface area (Å²) in [5, 5.41) is 10.4. The maximum absolute atomic E-state index is 12.2. The molecule has 0 aliphatic heterocycles. The first kappa shape index (κ1) is 10.8. The fourth-order valence-electron chi connectivity index (χ4n) is 0.792. The number of pyridine rings is 1. The number of alkyl halides is 2. The summed E-state index contributed by atoms with van der Waals surface area (Å²) in [6.45, 7) is 0. The van der Waals surface area contributed by atoms with E-state index < -0.39 is 22.7 Å². The summed E-state index contributed by atoms with van der Waals surface area (Å²) in [7, 11) is 0. The predicted octanol–water partition coefficient (Wildman–Crippen LogP) is 2.27. The fraction of sp³-hybridized carbons (Fsp3) is 0.167.